The summed E-state index contributed by atoms with van der Waals surface area (Å²) in [6.45, 7) is 1.19. The fourth-order valence-corrected chi connectivity index (χ4v) is 3.34. The quantitative estimate of drug-likeness (QED) is 0.691. The number of benzene rings is 2. The van der Waals surface area contributed by atoms with Crippen molar-refractivity contribution in [3.8, 4) is 5.75 Å². The maximum absolute atomic E-state index is 13.5. The Kier molecular flexibility index (Phi) is 7.16. The van der Waals surface area contributed by atoms with Crippen molar-refractivity contribution < 1.29 is 23.1 Å². The van der Waals surface area contributed by atoms with Gasteiger partial charge in [0, 0.05) is 19.5 Å². The minimum absolute atomic E-state index is 0.00772. The van der Waals surface area contributed by atoms with Crippen LogP contribution in [0.25, 0.3) is 0 Å². The Labute approximate surface area is 168 Å². The van der Waals surface area contributed by atoms with Crippen LogP contribution < -0.4 is 10.1 Å². The van der Waals surface area contributed by atoms with Gasteiger partial charge in [0.05, 0.1) is 12.5 Å². The molecule has 0 spiro atoms. The van der Waals surface area contributed by atoms with Gasteiger partial charge in [-0.15, -0.1) is 0 Å². The van der Waals surface area contributed by atoms with E-state index in [-0.39, 0.29) is 42.5 Å². The summed E-state index contributed by atoms with van der Waals surface area (Å²) in [7, 11) is 0. The molecule has 0 saturated carbocycles. The van der Waals surface area contributed by atoms with E-state index in [0.717, 1.165) is 5.56 Å². The number of piperidine rings is 1. The van der Waals surface area contributed by atoms with Crippen molar-refractivity contribution in [3.63, 3.8) is 0 Å². The molecule has 1 saturated heterocycles. The molecule has 2 amide bonds. The zero-order chi connectivity index (χ0) is 20.6. The van der Waals surface area contributed by atoms with Gasteiger partial charge in [-0.2, -0.15) is 0 Å². The highest BCUT2D eigenvalue weighted by atomic mass is 19.1. The minimum atomic E-state index is -0.446. The number of rotatable bonds is 8. The third kappa shape index (κ3) is 6.01. The van der Waals surface area contributed by atoms with Gasteiger partial charge in [0.25, 0.3) is 0 Å². The van der Waals surface area contributed by atoms with Crippen LogP contribution in [0.2, 0.25) is 0 Å². The smallest absolute Gasteiger partial charge is 0.225 e. The predicted molar refractivity (Wildman–Crippen MR) is 104 cm³/mol. The molecule has 1 fully saturated rings. The van der Waals surface area contributed by atoms with Gasteiger partial charge >= 0.3 is 0 Å². The van der Waals surface area contributed by atoms with Crippen molar-refractivity contribution in [2.24, 2.45) is 5.92 Å². The number of likely N-dealkylation sites (tertiary alicyclic amines) is 1. The molecule has 1 aliphatic rings. The second kappa shape index (κ2) is 10.0. The van der Waals surface area contributed by atoms with E-state index in [4.69, 9.17) is 4.74 Å². The zero-order valence-corrected chi connectivity index (χ0v) is 16.1. The van der Waals surface area contributed by atoms with Crippen LogP contribution in [-0.4, -0.2) is 43.0 Å². The van der Waals surface area contributed by atoms with E-state index < -0.39 is 5.82 Å². The van der Waals surface area contributed by atoms with E-state index >= 15 is 0 Å². The monoisotopic (exact) mass is 402 g/mol. The molecule has 29 heavy (non-hydrogen) atoms. The van der Waals surface area contributed by atoms with Crippen molar-refractivity contribution in [3.05, 3.63) is 65.7 Å². The van der Waals surface area contributed by atoms with Crippen molar-refractivity contribution in [2.75, 3.05) is 26.2 Å². The Hall–Kier alpha value is -2.96. The standard InChI is InChI=1S/C22H24F2N2O3/c23-18-5-3-4-16(14-18)10-12-26-15-17(8-9-21(26)27)22(28)25-11-13-29-20-7-2-1-6-19(20)24/h1-7,14,17H,8-13,15H2,(H,25,28)/t17-/m1/s1. The first-order valence-corrected chi connectivity index (χ1v) is 9.70. The molecule has 7 heteroatoms. The molecule has 0 bridgehead atoms. The molecule has 1 N–H and O–H groups in total. The maximum atomic E-state index is 13.5. The number of carbonyl (C=O) groups excluding carboxylic acids is 2. The third-order valence-electron chi connectivity index (χ3n) is 4.93. The summed E-state index contributed by atoms with van der Waals surface area (Å²) in [5.74, 6) is -1.04. The molecule has 0 radical (unpaired) electrons. The molecule has 0 aromatic heterocycles. The first-order valence-electron chi connectivity index (χ1n) is 9.70. The van der Waals surface area contributed by atoms with Gasteiger partial charge in [0.1, 0.15) is 12.4 Å². The Bertz CT molecular complexity index is 859. The summed E-state index contributed by atoms with van der Waals surface area (Å²) in [6.07, 6.45) is 1.34. The van der Waals surface area contributed by atoms with Gasteiger partial charge in [-0.05, 0) is 42.7 Å². The Morgan fingerprint density at radius 1 is 1.17 bits per heavy atom. The van der Waals surface area contributed by atoms with Gasteiger partial charge in [-0.1, -0.05) is 24.3 Å². The van der Waals surface area contributed by atoms with Gasteiger partial charge < -0.3 is 15.0 Å². The maximum Gasteiger partial charge on any atom is 0.225 e. The molecule has 0 unspecified atom stereocenters. The van der Waals surface area contributed by atoms with Crippen LogP contribution in [0, 0.1) is 17.6 Å². The summed E-state index contributed by atoms with van der Waals surface area (Å²) in [4.78, 5) is 26.2. The van der Waals surface area contributed by atoms with Crippen LogP contribution in [0.1, 0.15) is 18.4 Å². The van der Waals surface area contributed by atoms with E-state index in [1.807, 2.05) is 6.07 Å². The van der Waals surface area contributed by atoms with E-state index in [0.29, 0.717) is 32.4 Å². The second-order valence-corrected chi connectivity index (χ2v) is 7.03. The molecular weight excluding hydrogens is 378 g/mol. The van der Waals surface area contributed by atoms with Crippen LogP contribution in [0.5, 0.6) is 5.75 Å². The molecule has 0 aliphatic carbocycles. The van der Waals surface area contributed by atoms with Crippen LogP contribution in [0.3, 0.4) is 0 Å². The zero-order valence-electron chi connectivity index (χ0n) is 16.1. The fourth-order valence-electron chi connectivity index (χ4n) is 3.34. The van der Waals surface area contributed by atoms with Crippen LogP contribution in [0.4, 0.5) is 8.78 Å². The lowest BCUT2D eigenvalue weighted by molar-refractivity contribution is -0.138. The van der Waals surface area contributed by atoms with Gasteiger partial charge in [0.2, 0.25) is 11.8 Å². The number of carbonyl (C=O) groups is 2. The molecular formula is C22H24F2N2O3. The first kappa shape index (κ1) is 20.8. The summed E-state index contributed by atoms with van der Waals surface area (Å²) in [6, 6.07) is 12.4. The lowest BCUT2D eigenvalue weighted by Crippen LogP contribution is -2.46. The summed E-state index contributed by atoms with van der Waals surface area (Å²) in [5, 5.41) is 2.78. The van der Waals surface area contributed by atoms with E-state index in [9.17, 15) is 18.4 Å². The summed E-state index contributed by atoms with van der Waals surface area (Å²) >= 11 is 0. The lowest BCUT2D eigenvalue weighted by Gasteiger charge is -2.32. The fraction of sp³-hybridized carbons (Fsp3) is 0.364. The highest BCUT2D eigenvalue weighted by Gasteiger charge is 2.29. The third-order valence-corrected chi connectivity index (χ3v) is 4.93. The van der Waals surface area contributed by atoms with Crippen molar-refractivity contribution in [1.82, 2.24) is 10.2 Å². The largest absolute Gasteiger partial charge is 0.489 e. The van der Waals surface area contributed by atoms with Gasteiger partial charge in [-0.3, -0.25) is 9.59 Å². The Morgan fingerprint density at radius 3 is 2.79 bits per heavy atom. The molecule has 3 rings (SSSR count). The normalized spacial score (nSPS) is 16.6. The van der Waals surface area contributed by atoms with E-state index in [2.05, 4.69) is 5.32 Å². The number of nitrogens with one attached hydrogen (secondary N) is 1. The topological polar surface area (TPSA) is 58.6 Å². The van der Waals surface area contributed by atoms with Crippen LogP contribution in [0.15, 0.2) is 48.5 Å². The van der Waals surface area contributed by atoms with E-state index in [1.165, 1.54) is 24.3 Å². The number of halogens is 2. The highest BCUT2D eigenvalue weighted by molar-refractivity contribution is 5.83. The molecule has 2 aromatic rings. The predicted octanol–water partition coefficient (Wildman–Crippen LogP) is 2.94. The first-order chi connectivity index (χ1) is 14.0. The van der Waals surface area contributed by atoms with Crippen molar-refractivity contribution >= 4 is 11.8 Å². The highest BCUT2D eigenvalue weighted by Crippen LogP contribution is 2.19. The van der Waals surface area contributed by atoms with Gasteiger partial charge in [0.15, 0.2) is 11.6 Å². The molecule has 2 aromatic carbocycles. The Balaban J connectivity index is 1.43. The lowest BCUT2D eigenvalue weighted by atomic mass is 9.96. The average Bonchev–Trinajstić information content (AvgIpc) is 2.71. The van der Waals surface area contributed by atoms with Crippen LogP contribution >= 0.6 is 0 Å². The number of hydrogen-bond acceptors (Lipinski definition) is 3. The molecule has 1 atom stereocenters. The number of nitrogens with zero attached hydrogens (tertiary/aromatic N) is 1. The van der Waals surface area contributed by atoms with Crippen LogP contribution in [-0.2, 0) is 16.0 Å². The average molecular weight is 402 g/mol. The van der Waals surface area contributed by atoms with Crippen molar-refractivity contribution in [2.45, 2.75) is 19.3 Å². The van der Waals surface area contributed by atoms with E-state index in [1.54, 1.807) is 23.1 Å². The number of para-hydroxylation sites is 1. The molecule has 1 heterocycles. The Morgan fingerprint density at radius 2 is 2.00 bits per heavy atom. The number of hydrogen-bond donors (Lipinski definition) is 1. The van der Waals surface area contributed by atoms with Gasteiger partial charge in [-0.25, -0.2) is 8.78 Å². The summed E-state index contributed by atoms with van der Waals surface area (Å²) in [5.41, 5.74) is 0.815. The molecule has 5 nitrogen and oxygen atoms in total. The molecule has 154 valence electrons. The SMILES string of the molecule is O=C(NCCOc1ccccc1F)[C@@H]1CCC(=O)N(CCc2cccc(F)c2)C1. The minimum Gasteiger partial charge on any atom is -0.489 e. The molecule has 1 aliphatic heterocycles. The number of amides is 2. The number of ether oxygens (including phenoxy) is 1. The second-order valence-electron chi connectivity index (χ2n) is 7.03. The van der Waals surface area contributed by atoms with Crippen molar-refractivity contribution in [1.29, 1.82) is 0 Å². The summed E-state index contributed by atoms with van der Waals surface area (Å²) < 4.78 is 32.1.